The molecule has 0 aliphatic carbocycles. The van der Waals surface area contributed by atoms with E-state index in [2.05, 4.69) is 60.5 Å². The molecule has 0 saturated carbocycles. The van der Waals surface area contributed by atoms with E-state index in [4.69, 9.17) is 16.1 Å². The molecule has 0 bridgehead atoms. The molecule has 0 aromatic heterocycles. The zero-order chi connectivity index (χ0) is 17.9. The summed E-state index contributed by atoms with van der Waals surface area (Å²) in [7, 11) is 2.39. The fourth-order valence-electron chi connectivity index (χ4n) is 3.05. The van der Waals surface area contributed by atoms with E-state index < -0.39 is 0 Å². The van der Waals surface area contributed by atoms with Crippen molar-refractivity contribution in [2.24, 2.45) is 0 Å². The Morgan fingerprint density at radius 3 is 2.00 bits per heavy atom. The van der Waals surface area contributed by atoms with Crippen LogP contribution in [0.4, 0.5) is 11.4 Å². The van der Waals surface area contributed by atoms with Gasteiger partial charge in [0.05, 0.1) is 6.26 Å². The van der Waals surface area contributed by atoms with Crippen molar-refractivity contribution < 1.29 is 66.5 Å². The minimum atomic E-state index is 0. The fraction of sp³-hybridized carbons (Fsp3) is 0.0476. The molecule has 0 saturated heterocycles. The number of para-hydroxylation sites is 2. The first-order valence-electron chi connectivity index (χ1n) is 8.20. The zero-order valence-corrected chi connectivity index (χ0v) is 22.7. The summed E-state index contributed by atoms with van der Waals surface area (Å²) in [4.78, 5) is 3.38. The Bertz CT molecular complexity index is 930. The number of benzene rings is 3. The van der Waals surface area contributed by atoms with Crippen molar-refractivity contribution in [3.8, 4) is 0 Å². The third kappa shape index (κ3) is 5.40. The average Bonchev–Trinajstić information content (AvgIpc) is 2.69. The van der Waals surface area contributed by atoms with E-state index >= 15 is 0 Å². The summed E-state index contributed by atoms with van der Waals surface area (Å²) in [6.07, 6.45) is 1.89. The zero-order valence-electron chi connectivity index (χ0n) is 18.1. The van der Waals surface area contributed by atoms with Crippen LogP contribution in [-0.4, -0.2) is 7.05 Å². The van der Waals surface area contributed by atoms with Crippen molar-refractivity contribution in [2.45, 2.75) is 4.90 Å². The second-order valence-electron chi connectivity index (χ2n) is 5.88. The molecule has 1 aliphatic heterocycles. The normalized spacial score (nSPS) is 11.9. The molecular formula is C21H19ClNNa2OPS. The Morgan fingerprint density at radius 1 is 0.893 bits per heavy atom. The maximum Gasteiger partial charge on any atom is 1.00 e. The number of halogens is 1. The SMILES string of the molecule is CN1c2ccccc2C(=COPSc2ccc(Cl)cc2)c2ccccc21.[H-].[H-].[Na+].[Na+]. The molecule has 0 N–H and O–H groups in total. The Labute approximate surface area is 224 Å². The first-order chi connectivity index (χ1) is 12.7. The van der Waals surface area contributed by atoms with Crippen LogP contribution in [0.25, 0.3) is 5.57 Å². The average molecular weight is 446 g/mol. The molecule has 7 heteroatoms. The van der Waals surface area contributed by atoms with Gasteiger partial charge in [-0.25, -0.2) is 0 Å². The fourth-order valence-corrected chi connectivity index (χ4v) is 4.74. The number of hydrogen-bond acceptors (Lipinski definition) is 3. The van der Waals surface area contributed by atoms with Gasteiger partial charge in [0, 0.05) is 45.0 Å². The second-order valence-corrected chi connectivity index (χ2v) is 8.51. The van der Waals surface area contributed by atoms with Gasteiger partial charge in [-0.1, -0.05) is 59.4 Å². The van der Waals surface area contributed by atoms with Crippen molar-refractivity contribution >= 4 is 47.9 Å². The molecule has 1 aliphatic rings. The van der Waals surface area contributed by atoms with Crippen LogP contribution in [-0.2, 0) is 4.52 Å². The minimum absolute atomic E-state index is 0. The Hall–Kier alpha value is 0.0700. The van der Waals surface area contributed by atoms with Crippen LogP contribution < -0.4 is 64.0 Å². The van der Waals surface area contributed by atoms with Gasteiger partial charge in [0.1, 0.15) is 8.01 Å². The number of rotatable bonds is 4. The van der Waals surface area contributed by atoms with Crippen LogP contribution in [0.2, 0.25) is 5.02 Å². The van der Waals surface area contributed by atoms with E-state index in [0.29, 0.717) is 0 Å². The van der Waals surface area contributed by atoms with Gasteiger partial charge in [0.15, 0.2) is 0 Å². The molecule has 28 heavy (non-hydrogen) atoms. The molecule has 134 valence electrons. The molecule has 1 heterocycles. The van der Waals surface area contributed by atoms with Gasteiger partial charge in [-0.3, -0.25) is 0 Å². The summed E-state index contributed by atoms with van der Waals surface area (Å²) in [5.74, 6) is 0. The maximum absolute atomic E-state index is 5.93. The summed E-state index contributed by atoms with van der Waals surface area (Å²) in [6.45, 7) is 0. The topological polar surface area (TPSA) is 12.5 Å². The molecular weight excluding hydrogens is 427 g/mol. The van der Waals surface area contributed by atoms with Crippen LogP contribution in [0.15, 0.2) is 84.0 Å². The van der Waals surface area contributed by atoms with Crippen molar-refractivity contribution in [1.29, 1.82) is 0 Å². The largest absolute Gasteiger partial charge is 1.00 e. The molecule has 1 unspecified atom stereocenters. The number of fused-ring (bicyclic) bond motifs is 2. The summed E-state index contributed by atoms with van der Waals surface area (Å²) in [6, 6.07) is 24.7. The molecule has 0 fully saturated rings. The molecule has 0 amide bonds. The van der Waals surface area contributed by atoms with E-state index in [1.807, 2.05) is 30.5 Å². The Balaban J connectivity index is 0.00000210. The molecule has 0 radical (unpaired) electrons. The molecule has 0 spiro atoms. The number of hydrogen-bond donors (Lipinski definition) is 0. The van der Waals surface area contributed by atoms with Gasteiger partial charge in [0.25, 0.3) is 0 Å². The molecule has 3 aromatic carbocycles. The molecule has 3 aromatic rings. The van der Waals surface area contributed by atoms with Crippen molar-refractivity contribution in [3.63, 3.8) is 0 Å². The predicted octanol–water partition coefficient (Wildman–Crippen LogP) is 1.36. The Kier molecular flexibility index (Phi) is 9.96. The van der Waals surface area contributed by atoms with Crippen LogP contribution in [0, 0.1) is 0 Å². The number of anilines is 2. The standard InChI is InChI=1S/C21H17ClNOPS.2Na.2H/c1-23-20-8-4-2-6-17(20)19(18-7-3-5-9-21(18)23)14-24-25-26-16-12-10-15(22)11-13-16;;;;/h2-14,25H,1H3;;;;/q;2*+1;2*-1. The van der Waals surface area contributed by atoms with Gasteiger partial charge < -0.3 is 12.3 Å². The van der Waals surface area contributed by atoms with Crippen LogP contribution in [0.5, 0.6) is 0 Å². The third-order valence-corrected chi connectivity index (χ3v) is 6.61. The van der Waals surface area contributed by atoms with Gasteiger partial charge in [-0.05, 0) is 36.4 Å². The smallest absolute Gasteiger partial charge is 1.00 e. The quantitative estimate of drug-likeness (QED) is 0.260. The van der Waals surface area contributed by atoms with Gasteiger partial charge >= 0.3 is 59.1 Å². The monoisotopic (exact) mass is 445 g/mol. The van der Waals surface area contributed by atoms with Crippen LogP contribution in [0.3, 0.4) is 0 Å². The van der Waals surface area contributed by atoms with E-state index in [-0.39, 0.29) is 70.0 Å². The summed E-state index contributed by atoms with van der Waals surface area (Å²) < 4.78 is 5.93. The van der Waals surface area contributed by atoms with E-state index in [9.17, 15) is 0 Å². The van der Waals surface area contributed by atoms with Gasteiger partial charge in [0.2, 0.25) is 0 Å². The van der Waals surface area contributed by atoms with E-state index in [0.717, 1.165) is 15.5 Å². The van der Waals surface area contributed by atoms with Crippen LogP contribution >= 0.6 is 31.0 Å². The third-order valence-electron chi connectivity index (χ3n) is 4.31. The van der Waals surface area contributed by atoms with Crippen LogP contribution in [0.1, 0.15) is 14.0 Å². The van der Waals surface area contributed by atoms with Crippen molar-refractivity contribution in [2.75, 3.05) is 11.9 Å². The predicted molar refractivity (Wildman–Crippen MR) is 117 cm³/mol. The summed E-state index contributed by atoms with van der Waals surface area (Å²) in [5, 5.41) is 0.750. The maximum atomic E-state index is 5.93. The molecule has 2 nitrogen and oxygen atoms in total. The molecule has 1 atom stereocenters. The Morgan fingerprint density at radius 2 is 1.43 bits per heavy atom. The van der Waals surface area contributed by atoms with E-state index in [1.165, 1.54) is 22.5 Å². The summed E-state index contributed by atoms with van der Waals surface area (Å²) >= 11 is 7.60. The first-order valence-corrected chi connectivity index (χ1v) is 11.0. The van der Waals surface area contributed by atoms with Gasteiger partial charge in [-0.15, -0.1) is 0 Å². The van der Waals surface area contributed by atoms with Gasteiger partial charge in [-0.2, -0.15) is 0 Å². The van der Waals surface area contributed by atoms with Crippen molar-refractivity contribution in [1.82, 2.24) is 0 Å². The minimum Gasteiger partial charge on any atom is -1.00 e. The molecule has 4 rings (SSSR count). The second kappa shape index (κ2) is 11.5. The first kappa shape index (κ1) is 24.3. The van der Waals surface area contributed by atoms with E-state index in [1.54, 1.807) is 11.4 Å². The summed E-state index contributed by atoms with van der Waals surface area (Å²) in [5.41, 5.74) is 5.88. The number of nitrogens with zero attached hydrogens (tertiary/aromatic N) is 1. The van der Waals surface area contributed by atoms with Crippen molar-refractivity contribution in [3.05, 3.63) is 95.2 Å².